The van der Waals surface area contributed by atoms with Gasteiger partial charge in [-0.05, 0) is 24.1 Å². The van der Waals surface area contributed by atoms with Crippen LogP contribution in [0.4, 0.5) is 8.78 Å². The number of amides is 1. The second kappa shape index (κ2) is 6.51. The van der Waals surface area contributed by atoms with Crippen LogP contribution in [0.5, 0.6) is 0 Å². The highest BCUT2D eigenvalue weighted by atomic mass is 19.1. The zero-order chi connectivity index (χ0) is 16.6. The van der Waals surface area contributed by atoms with Crippen LogP contribution in [0.25, 0.3) is 0 Å². The fourth-order valence-electron chi connectivity index (χ4n) is 3.67. The molecular formula is C16H20F2N2O3. The summed E-state index contributed by atoms with van der Waals surface area (Å²) in [6.45, 7) is 0.931. The molecule has 5 nitrogen and oxygen atoms in total. The highest BCUT2D eigenvalue weighted by Crippen LogP contribution is 2.33. The average Bonchev–Trinajstić information content (AvgIpc) is 2.99. The summed E-state index contributed by atoms with van der Waals surface area (Å²) in [5.41, 5.74) is 0.436. The molecule has 2 saturated heterocycles. The third kappa shape index (κ3) is 3.36. The van der Waals surface area contributed by atoms with Gasteiger partial charge in [-0.15, -0.1) is 0 Å². The van der Waals surface area contributed by atoms with Crippen molar-refractivity contribution in [1.29, 1.82) is 0 Å². The van der Waals surface area contributed by atoms with E-state index in [1.165, 1.54) is 12.1 Å². The van der Waals surface area contributed by atoms with Crippen molar-refractivity contribution < 1.29 is 23.8 Å². The Morgan fingerprint density at radius 3 is 2.57 bits per heavy atom. The maximum Gasteiger partial charge on any atom is 0.224 e. The van der Waals surface area contributed by atoms with Crippen molar-refractivity contribution in [3.05, 3.63) is 35.4 Å². The van der Waals surface area contributed by atoms with Crippen LogP contribution < -0.4 is 0 Å². The van der Waals surface area contributed by atoms with Gasteiger partial charge in [0.2, 0.25) is 5.91 Å². The van der Waals surface area contributed by atoms with Crippen LogP contribution in [0, 0.1) is 11.6 Å². The van der Waals surface area contributed by atoms with Crippen LogP contribution in [-0.2, 0) is 11.3 Å². The first-order chi connectivity index (χ1) is 11.0. The first-order valence-corrected chi connectivity index (χ1v) is 7.75. The molecule has 1 unspecified atom stereocenters. The normalized spacial score (nSPS) is 25.9. The molecule has 3 atom stereocenters. The molecule has 2 heterocycles. The molecule has 126 valence electrons. The number of nitrogens with zero attached hydrogens (tertiary/aromatic N) is 2. The fourth-order valence-corrected chi connectivity index (χ4v) is 3.67. The van der Waals surface area contributed by atoms with Gasteiger partial charge in [-0.2, -0.15) is 0 Å². The molecule has 1 amide bonds. The molecule has 0 radical (unpaired) electrons. The zero-order valence-electron chi connectivity index (χ0n) is 12.7. The molecule has 0 saturated carbocycles. The van der Waals surface area contributed by atoms with E-state index in [-0.39, 0.29) is 31.1 Å². The van der Waals surface area contributed by atoms with Gasteiger partial charge in [-0.3, -0.25) is 9.69 Å². The lowest BCUT2D eigenvalue weighted by molar-refractivity contribution is -0.129. The van der Waals surface area contributed by atoms with Gasteiger partial charge in [-0.25, -0.2) is 8.78 Å². The van der Waals surface area contributed by atoms with Gasteiger partial charge in [0.25, 0.3) is 0 Å². The summed E-state index contributed by atoms with van der Waals surface area (Å²) < 4.78 is 26.6. The van der Waals surface area contributed by atoms with Crippen molar-refractivity contribution >= 4 is 5.91 Å². The summed E-state index contributed by atoms with van der Waals surface area (Å²) in [4.78, 5) is 15.9. The van der Waals surface area contributed by atoms with Crippen molar-refractivity contribution in [3.8, 4) is 0 Å². The van der Waals surface area contributed by atoms with E-state index in [2.05, 4.69) is 0 Å². The van der Waals surface area contributed by atoms with Gasteiger partial charge in [0, 0.05) is 44.2 Å². The number of aliphatic hydroxyl groups excluding tert-OH is 2. The summed E-state index contributed by atoms with van der Waals surface area (Å²) in [7, 11) is 0. The van der Waals surface area contributed by atoms with Crippen LogP contribution in [-0.4, -0.2) is 63.8 Å². The molecule has 2 fully saturated rings. The van der Waals surface area contributed by atoms with E-state index in [9.17, 15) is 18.7 Å². The van der Waals surface area contributed by atoms with E-state index >= 15 is 0 Å². The first kappa shape index (κ1) is 16.3. The summed E-state index contributed by atoms with van der Waals surface area (Å²) in [6, 6.07) is 3.27. The van der Waals surface area contributed by atoms with Gasteiger partial charge in [0.15, 0.2) is 0 Å². The smallest absolute Gasteiger partial charge is 0.224 e. The Kier molecular flexibility index (Phi) is 4.61. The number of halogens is 2. The molecule has 2 aliphatic rings. The number of aliphatic hydroxyl groups is 2. The minimum Gasteiger partial charge on any atom is -0.394 e. The lowest BCUT2D eigenvalue weighted by Crippen LogP contribution is -2.40. The predicted molar refractivity (Wildman–Crippen MR) is 78.4 cm³/mol. The topological polar surface area (TPSA) is 64.0 Å². The van der Waals surface area contributed by atoms with Crippen molar-refractivity contribution in [2.24, 2.45) is 0 Å². The Hall–Kier alpha value is -1.57. The van der Waals surface area contributed by atoms with E-state index in [4.69, 9.17) is 5.11 Å². The van der Waals surface area contributed by atoms with E-state index in [0.29, 0.717) is 18.5 Å². The number of fused-ring (bicyclic) bond motifs is 1. The maximum atomic E-state index is 13.3. The SMILES string of the molecule is O=C1C[C@H]2[C@H](CCN2CC(O)CO)N1Cc1cc(F)cc(F)c1. The third-order valence-corrected chi connectivity index (χ3v) is 4.66. The van der Waals surface area contributed by atoms with Gasteiger partial charge >= 0.3 is 0 Å². The molecule has 1 aromatic rings. The van der Waals surface area contributed by atoms with Crippen LogP contribution in [0.3, 0.4) is 0 Å². The molecule has 7 heteroatoms. The highest BCUT2D eigenvalue weighted by Gasteiger charge is 2.46. The van der Waals surface area contributed by atoms with Gasteiger partial charge in [-0.1, -0.05) is 0 Å². The molecule has 2 aliphatic heterocycles. The molecule has 2 N–H and O–H groups in total. The molecule has 0 spiro atoms. The van der Waals surface area contributed by atoms with E-state index in [0.717, 1.165) is 19.0 Å². The largest absolute Gasteiger partial charge is 0.394 e. The van der Waals surface area contributed by atoms with E-state index in [1.54, 1.807) is 4.90 Å². The van der Waals surface area contributed by atoms with E-state index < -0.39 is 17.7 Å². The molecule has 0 aliphatic carbocycles. The van der Waals surface area contributed by atoms with Crippen LogP contribution in [0.2, 0.25) is 0 Å². The Labute approximate surface area is 133 Å². The molecule has 1 aromatic carbocycles. The monoisotopic (exact) mass is 326 g/mol. The average molecular weight is 326 g/mol. The molecule has 0 bridgehead atoms. The Morgan fingerprint density at radius 1 is 1.22 bits per heavy atom. The number of hydrogen-bond donors (Lipinski definition) is 2. The van der Waals surface area contributed by atoms with Crippen LogP contribution in [0.1, 0.15) is 18.4 Å². The third-order valence-electron chi connectivity index (χ3n) is 4.66. The number of hydrogen-bond acceptors (Lipinski definition) is 4. The van der Waals surface area contributed by atoms with Crippen molar-refractivity contribution in [2.75, 3.05) is 19.7 Å². The number of carbonyl (C=O) groups is 1. The lowest BCUT2D eigenvalue weighted by Gasteiger charge is -2.26. The van der Waals surface area contributed by atoms with Gasteiger partial charge in [0.05, 0.1) is 12.7 Å². The maximum absolute atomic E-state index is 13.3. The van der Waals surface area contributed by atoms with Crippen molar-refractivity contribution in [3.63, 3.8) is 0 Å². The van der Waals surface area contributed by atoms with Crippen molar-refractivity contribution in [1.82, 2.24) is 9.80 Å². The molecular weight excluding hydrogens is 306 g/mol. The molecule has 3 rings (SSSR count). The minimum absolute atomic E-state index is 0.0119. The summed E-state index contributed by atoms with van der Waals surface area (Å²) in [6.07, 6.45) is 0.266. The standard InChI is InChI=1S/C16H20F2N2O3/c17-11-3-10(4-12(18)5-11)7-20-14-1-2-19(8-13(22)9-21)15(14)6-16(20)23/h3-5,13-15,21-22H,1-2,6-9H2/t13?,14-,15-/m0/s1. The highest BCUT2D eigenvalue weighted by molar-refractivity contribution is 5.80. The molecule has 23 heavy (non-hydrogen) atoms. The Balaban J connectivity index is 1.71. The first-order valence-electron chi connectivity index (χ1n) is 7.75. The number of benzene rings is 1. The number of carbonyl (C=O) groups excluding carboxylic acids is 1. The summed E-state index contributed by atoms with van der Waals surface area (Å²) in [5, 5.41) is 18.6. The van der Waals surface area contributed by atoms with Crippen LogP contribution in [0.15, 0.2) is 18.2 Å². The Morgan fingerprint density at radius 2 is 1.91 bits per heavy atom. The predicted octanol–water partition coefficient (Wildman–Crippen LogP) is 0.493. The molecule has 0 aromatic heterocycles. The zero-order valence-corrected chi connectivity index (χ0v) is 12.7. The van der Waals surface area contributed by atoms with Gasteiger partial charge in [0.1, 0.15) is 11.6 Å². The van der Waals surface area contributed by atoms with Crippen LogP contribution >= 0.6 is 0 Å². The second-order valence-electron chi connectivity index (χ2n) is 6.26. The Bertz CT molecular complexity index is 578. The quantitative estimate of drug-likeness (QED) is 0.827. The van der Waals surface area contributed by atoms with Gasteiger partial charge < -0.3 is 15.1 Å². The number of rotatable bonds is 5. The summed E-state index contributed by atoms with van der Waals surface area (Å²) >= 11 is 0. The lowest BCUT2D eigenvalue weighted by atomic mass is 10.1. The van der Waals surface area contributed by atoms with E-state index in [1.807, 2.05) is 4.90 Å². The number of likely N-dealkylation sites (tertiary alicyclic amines) is 2. The van der Waals surface area contributed by atoms with Crippen molar-refractivity contribution in [2.45, 2.75) is 37.6 Å². The minimum atomic E-state index is -0.824. The fraction of sp³-hybridized carbons (Fsp3) is 0.562. The second-order valence-corrected chi connectivity index (χ2v) is 6.26. The number of β-amino-alcohol motifs (C(OH)–C–C–N with tert-alkyl or cyclic N) is 1. The summed E-state index contributed by atoms with van der Waals surface area (Å²) in [5.74, 6) is -1.35.